The monoisotopic (exact) mass is 360 g/mol. The molecule has 0 unspecified atom stereocenters. The molecule has 0 bridgehead atoms. The molecule has 1 heterocycles. The van der Waals surface area contributed by atoms with Crippen LogP contribution in [0.1, 0.15) is 40.2 Å². The molecular formula is C18H24N4O4. The number of hydrogen-bond acceptors (Lipinski definition) is 5. The van der Waals surface area contributed by atoms with E-state index in [9.17, 15) is 14.9 Å². The van der Waals surface area contributed by atoms with E-state index in [0.29, 0.717) is 5.69 Å². The Morgan fingerprint density at radius 3 is 2.42 bits per heavy atom. The first-order valence-corrected chi connectivity index (χ1v) is 8.19. The zero-order valence-corrected chi connectivity index (χ0v) is 15.9. The molecule has 1 aromatic heterocycles. The number of nitro groups is 1. The first-order chi connectivity index (χ1) is 11.9. The molecule has 0 atom stereocenters. The Balaban J connectivity index is 2.32. The molecule has 0 radical (unpaired) electrons. The molecule has 2 aromatic rings. The molecule has 0 aliphatic heterocycles. The van der Waals surface area contributed by atoms with Gasteiger partial charge >= 0.3 is 11.9 Å². The minimum absolute atomic E-state index is 0.222. The Labute approximate surface area is 152 Å². The Bertz CT molecular complexity index is 821. The highest BCUT2D eigenvalue weighted by Crippen LogP contribution is 2.29. The molecule has 1 amide bonds. The highest BCUT2D eigenvalue weighted by Gasteiger charge is 2.33. The van der Waals surface area contributed by atoms with Crippen molar-refractivity contribution in [2.75, 3.05) is 7.05 Å². The van der Waals surface area contributed by atoms with Gasteiger partial charge in [0.05, 0.1) is 28.6 Å². The SMILES string of the molecule is CN(C(=O)OC(C)(C)C)C(C)(C)c1cccc(-n2ccc([N+](=O)[O-])n2)c1. The van der Waals surface area contributed by atoms with Crippen molar-refractivity contribution in [3.63, 3.8) is 0 Å². The summed E-state index contributed by atoms with van der Waals surface area (Å²) in [6, 6.07) is 8.69. The molecule has 0 fully saturated rings. The van der Waals surface area contributed by atoms with Crippen LogP contribution in [0.5, 0.6) is 0 Å². The van der Waals surface area contributed by atoms with Crippen molar-refractivity contribution < 1.29 is 14.5 Å². The second kappa shape index (κ2) is 6.78. The zero-order valence-electron chi connectivity index (χ0n) is 15.9. The van der Waals surface area contributed by atoms with Gasteiger partial charge in [-0.25, -0.2) is 4.79 Å². The summed E-state index contributed by atoms with van der Waals surface area (Å²) in [7, 11) is 1.68. The molecule has 2 rings (SSSR count). The van der Waals surface area contributed by atoms with Gasteiger partial charge in [0.15, 0.2) is 0 Å². The fourth-order valence-electron chi connectivity index (χ4n) is 2.34. The number of amides is 1. The van der Waals surface area contributed by atoms with Crippen LogP contribution in [0.25, 0.3) is 5.69 Å². The second-order valence-electron chi connectivity index (χ2n) is 7.52. The van der Waals surface area contributed by atoms with Gasteiger partial charge in [0, 0.05) is 7.05 Å². The predicted molar refractivity (Wildman–Crippen MR) is 97.2 cm³/mol. The first kappa shape index (κ1) is 19.4. The summed E-state index contributed by atoms with van der Waals surface area (Å²) in [5.74, 6) is -0.222. The van der Waals surface area contributed by atoms with Crippen molar-refractivity contribution in [3.8, 4) is 5.69 Å². The van der Waals surface area contributed by atoms with Crippen LogP contribution in [0.2, 0.25) is 0 Å². The quantitative estimate of drug-likeness (QED) is 0.609. The first-order valence-electron chi connectivity index (χ1n) is 8.19. The van der Waals surface area contributed by atoms with Crippen LogP contribution in [-0.2, 0) is 10.3 Å². The molecule has 0 aliphatic carbocycles. The van der Waals surface area contributed by atoms with Gasteiger partial charge in [-0.2, -0.15) is 0 Å². The van der Waals surface area contributed by atoms with E-state index in [1.54, 1.807) is 13.1 Å². The Kier molecular flexibility index (Phi) is 5.06. The topological polar surface area (TPSA) is 90.5 Å². The normalized spacial score (nSPS) is 11.9. The van der Waals surface area contributed by atoms with Crippen LogP contribution in [-0.4, -0.2) is 38.3 Å². The molecule has 8 nitrogen and oxygen atoms in total. The average molecular weight is 360 g/mol. The third kappa shape index (κ3) is 4.19. The van der Waals surface area contributed by atoms with Crippen molar-refractivity contribution in [1.29, 1.82) is 0 Å². The number of ether oxygens (including phenoxy) is 1. The Morgan fingerprint density at radius 2 is 1.88 bits per heavy atom. The molecule has 0 saturated carbocycles. The zero-order chi connectivity index (χ0) is 19.7. The molecule has 0 aliphatic rings. The predicted octanol–water partition coefficient (Wildman–Crippen LogP) is 3.88. The van der Waals surface area contributed by atoms with Crippen molar-refractivity contribution in [2.45, 2.75) is 45.8 Å². The summed E-state index contributed by atoms with van der Waals surface area (Å²) < 4.78 is 6.88. The summed E-state index contributed by atoms with van der Waals surface area (Å²) in [5.41, 5.74) is 0.275. The summed E-state index contributed by atoms with van der Waals surface area (Å²) in [6.07, 6.45) is 1.10. The standard InChI is InChI=1S/C18H24N4O4/c1-17(2,3)26-16(23)20(6)18(4,5)13-8-7-9-14(12-13)21-11-10-15(19-21)22(24)25/h7-12H,1-6H3. The van der Waals surface area contributed by atoms with Gasteiger partial charge in [0.1, 0.15) is 5.60 Å². The number of carbonyl (C=O) groups is 1. The van der Waals surface area contributed by atoms with Crippen molar-refractivity contribution in [1.82, 2.24) is 14.7 Å². The lowest BCUT2D eigenvalue weighted by molar-refractivity contribution is -0.389. The maximum Gasteiger partial charge on any atom is 0.410 e. The van der Waals surface area contributed by atoms with E-state index in [4.69, 9.17) is 4.74 Å². The summed E-state index contributed by atoms with van der Waals surface area (Å²) in [5, 5.41) is 14.8. The highest BCUT2D eigenvalue weighted by atomic mass is 16.6. The molecule has 0 N–H and O–H groups in total. The Morgan fingerprint density at radius 1 is 1.23 bits per heavy atom. The van der Waals surface area contributed by atoms with Gasteiger partial charge in [-0.15, -0.1) is 4.68 Å². The smallest absolute Gasteiger partial charge is 0.410 e. The molecule has 1 aromatic carbocycles. The van der Waals surface area contributed by atoms with Crippen molar-refractivity contribution in [3.05, 3.63) is 52.2 Å². The highest BCUT2D eigenvalue weighted by molar-refractivity contribution is 5.69. The van der Waals surface area contributed by atoms with E-state index in [1.807, 2.05) is 52.8 Å². The number of rotatable bonds is 4. The lowest BCUT2D eigenvalue weighted by Crippen LogP contribution is -2.45. The fourth-order valence-corrected chi connectivity index (χ4v) is 2.34. The maximum absolute atomic E-state index is 12.4. The van der Waals surface area contributed by atoms with E-state index >= 15 is 0 Å². The maximum atomic E-state index is 12.4. The van der Waals surface area contributed by atoms with Gasteiger partial charge in [-0.3, -0.25) is 0 Å². The van der Waals surface area contributed by atoms with E-state index in [-0.39, 0.29) is 5.82 Å². The van der Waals surface area contributed by atoms with Crippen molar-refractivity contribution in [2.24, 2.45) is 0 Å². The molecule has 0 saturated heterocycles. The number of benzene rings is 1. The third-order valence-electron chi connectivity index (χ3n) is 4.09. The minimum atomic E-state index is -0.655. The van der Waals surface area contributed by atoms with E-state index in [1.165, 1.54) is 21.8 Å². The molecule has 26 heavy (non-hydrogen) atoms. The molecule has 8 heteroatoms. The van der Waals surface area contributed by atoms with E-state index < -0.39 is 22.2 Å². The van der Waals surface area contributed by atoms with Crippen LogP contribution < -0.4 is 0 Å². The summed E-state index contributed by atoms with van der Waals surface area (Å²) >= 11 is 0. The summed E-state index contributed by atoms with van der Waals surface area (Å²) in [6.45, 7) is 9.26. The lowest BCUT2D eigenvalue weighted by Gasteiger charge is -2.37. The fraction of sp³-hybridized carbons (Fsp3) is 0.444. The van der Waals surface area contributed by atoms with Crippen LogP contribution in [0, 0.1) is 10.1 Å². The van der Waals surface area contributed by atoms with Gasteiger partial charge in [-0.05, 0) is 57.2 Å². The third-order valence-corrected chi connectivity index (χ3v) is 4.09. The average Bonchev–Trinajstić information content (AvgIpc) is 3.03. The van der Waals surface area contributed by atoms with Crippen LogP contribution in [0.3, 0.4) is 0 Å². The molecular weight excluding hydrogens is 336 g/mol. The van der Waals surface area contributed by atoms with Crippen LogP contribution in [0.15, 0.2) is 36.5 Å². The van der Waals surface area contributed by atoms with Crippen LogP contribution in [0.4, 0.5) is 10.6 Å². The van der Waals surface area contributed by atoms with Gasteiger partial charge in [0.25, 0.3) is 0 Å². The van der Waals surface area contributed by atoms with E-state index in [2.05, 4.69) is 5.10 Å². The number of aromatic nitrogens is 2. The number of carbonyl (C=O) groups excluding carboxylic acids is 1. The van der Waals surface area contributed by atoms with Crippen LogP contribution >= 0.6 is 0 Å². The van der Waals surface area contributed by atoms with Gasteiger partial charge < -0.3 is 19.8 Å². The second-order valence-corrected chi connectivity index (χ2v) is 7.52. The minimum Gasteiger partial charge on any atom is -0.444 e. The van der Waals surface area contributed by atoms with Crippen molar-refractivity contribution >= 4 is 11.9 Å². The van der Waals surface area contributed by atoms with E-state index in [0.717, 1.165) is 5.56 Å². The number of hydrogen-bond donors (Lipinski definition) is 0. The van der Waals surface area contributed by atoms with Gasteiger partial charge in [0.2, 0.25) is 0 Å². The molecule has 0 spiro atoms. The van der Waals surface area contributed by atoms with Gasteiger partial charge in [-0.1, -0.05) is 12.1 Å². The largest absolute Gasteiger partial charge is 0.444 e. The summed E-state index contributed by atoms with van der Waals surface area (Å²) in [4.78, 5) is 24.2. The lowest BCUT2D eigenvalue weighted by atomic mass is 9.92. The molecule has 140 valence electrons. The Hall–Kier alpha value is -2.90. The number of nitrogens with zero attached hydrogens (tertiary/aromatic N) is 4.